The number of carbonyl (C=O) groups excluding carboxylic acids is 1. The zero-order chi connectivity index (χ0) is 11.6. The molecule has 0 spiro atoms. The van der Waals surface area contributed by atoms with Gasteiger partial charge in [0.2, 0.25) is 0 Å². The van der Waals surface area contributed by atoms with Gasteiger partial charge in [-0.05, 0) is 13.0 Å². The van der Waals surface area contributed by atoms with E-state index in [2.05, 4.69) is 4.74 Å². The van der Waals surface area contributed by atoms with Crippen molar-refractivity contribution in [1.29, 1.82) is 0 Å². The Labute approximate surface area is 84.6 Å². The molecule has 0 aliphatic heterocycles. The molecule has 6 heteroatoms. The predicted octanol–water partition coefficient (Wildman–Crippen LogP) is 1.72. The average Bonchev–Trinajstić information content (AvgIpc) is 2.20. The summed E-state index contributed by atoms with van der Waals surface area (Å²) in [5, 5.41) is 8.67. The lowest BCUT2D eigenvalue weighted by molar-refractivity contribution is -0.730. The lowest BCUT2D eigenvalue weighted by Gasteiger charge is -2.00. The highest BCUT2D eigenvalue weighted by atomic mass is 19.1. The summed E-state index contributed by atoms with van der Waals surface area (Å²) in [5.74, 6) is -1.54. The number of ether oxygens (including phenoxy) is 1. The second-order valence-electron chi connectivity index (χ2n) is 2.87. The molecule has 1 aromatic rings. The Morgan fingerprint density at radius 1 is 1.53 bits per heavy atom. The quantitative estimate of drug-likeness (QED) is 0.601. The lowest BCUT2D eigenvalue weighted by Crippen LogP contribution is -2.05. The Kier molecular flexibility index (Phi) is 2.99. The van der Waals surface area contributed by atoms with Crippen molar-refractivity contribution in [3.05, 3.63) is 34.0 Å². The van der Waals surface area contributed by atoms with E-state index in [1.807, 2.05) is 0 Å². The smallest absolute Gasteiger partial charge is 0.338 e. The van der Waals surface area contributed by atoms with Crippen LogP contribution in [-0.4, -0.2) is 23.2 Å². The standard InChI is InChI=1S/C9H9FNO4/c1-5-7(10)3-6(9(12)15-2)4-8(5)11(13)14/h3-4H,1-2H3,(H,13,14)/q+1. The number of esters is 1. The van der Waals surface area contributed by atoms with Gasteiger partial charge in [0.05, 0.1) is 23.1 Å². The Balaban J connectivity index is 3.35. The molecular weight excluding hydrogens is 205 g/mol. The van der Waals surface area contributed by atoms with Crippen molar-refractivity contribution in [2.45, 2.75) is 6.92 Å². The van der Waals surface area contributed by atoms with Gasteiger partial charge in [-0.2, -0.15) is 0 Å². The summed E-state index contributed by atoms with van der Waals surface area (Å²) in [6.07, 6.45) is 0. The van der Waals surface area contributed by atoms with Gasteiger partial charge in [-0.15, -0.1) is 0 Å². The first-order valence-electron chi connectivity index (χ1n) is 4.02. The topological polar surface area (TPSA) is 66.6 Å². The molecule has 0 unspecified atom stereocenters. The minimum atomic E-state index is -0.781. The van der Waals surface area contributed by atoms with Crippen LogP contribution in [0.5, 0.6) is 0 Å². The first-order chi connectivity index (χ1) is 6.97. The fourth-order valence-corrected chi connectivity index (χ4v) is 1.10. The molecule has 0 amide bonds. The molecular formula is C9H9FNO4+. The Bertz CT molecular complexity index is 430. The summed E-state index contributed by atoms with van der Waals surface area (Å²) in [5.41, 5.74) is -0.499. The summed E-state index contributed by atoms with van der Waals surface area (Å²) < 4.78 is 17.6. The highest BCUT2D eigenvalue weighted by Crippen LogP contribution is 2.22. The van der Waals surface area contributed by atoms with E-state index in [9.17, 15) is 14.1 Å². The van der Waals surface area contributed by atoms with Crippen LogP contribution >= 0.6 is 0 Å². The first-order valence-corrected chi connectivity index (χ1v) is 4.02. The van der Waals surface area contributed by atoms with Crippen molar-refractivity contribution in [3.63, 3.8) is 0 Å². The monoisotopic (exact) mass is 214 g/mol. The lowest BCUT2D eigenvalue weighted by atomic mass is 10.1. The second-order valence-corrected chi connectivity index (χ2v) is 2.87. The van der Waals surface area contributed by atoms with Crippen LogP contribution in [0.3, 0.4) is 0 Å². The Morgan fingerprint density at radius 2 is 2.13 bits per heavy atom. The van der Waals surface area contributed by atoms with E-state index in [0.29, 0.717) is 0 Å². The van der Waals surface area contributed by atoms with E-state index in [-0.39, 0.29) is 16.8 Å². The number of benzene rings is 1. The number of hydrogen-bond acceptors (Lipinski definition) is 3. The van der Waals surface area contributed by atoms with E-state index in [0.717, 1.165) is 19.2 Å². The van der Waals surface area contributed by atoms with Gasteiger partial charge in [0.25, 0.3) is 4.92 Å². The van der Waals surface area contributed by atoms with E-state index >= 15 is 0 Å². The van der Waals surface area contributed by atoms with Gasteiger partial charge in [0.15, 0.2) is 0 Å². The fourth-order valence-electron chi connectivity index (χ4n) is 1.10. The molecule has 1 N–H and O–H groups in total. The maximum Gasteiger partial charge on any atom is 0.338 e. The molecule has 80 valence electrons. The third kappa shape index (κ3) is 2.09. The van der Waals surface area contributed by atoms with Crippen LogP contribution < -0.4 is 0 Å². The normalized spacial score (nSPS) is 9.80. The molecule has 0 heterocycles. The summed E-state index contributed by atoms with van der Waals surface area (Å²) in [6.45, 7) is 1.31. The van der Waals surface area contributed by atoms with Gasteiger partial charge in [-0.25, -0.2) is 14.4 Å². The van der Waals surface area contributed by atoms with Gasteiger partial charge in [-0.1, -0.05) is 0 Å². The minimum Gasteiger partial charge on any atom is -0.465 e. The highest BCUT2D eigenvalue weighted by molar-refractivity contribution is 5.90. The zero-order valence-corrected chi connectivity index (χ0v) is 8.15. The molecule has 0 aliphatic carbocycles. The van der Waals surface area contributed by atoms with E-state index < -0.39 is 16.7 Å². The molecule has 1 rings (SSSR count). The third-order valence-corrected chi connectivity index (χ3v) is 1.94. The molecule has 1 aromatic carbocycles. The number of nitrogens with zero attached hydrogens (tertiary/aromatic N) is 1. The molecule has 0 aromatic heterocycles. The zero-order valence-electron chi connectivity index (χ0n) is 8.15. The number of rotatable bonds is 2. The van der Waals surface area contributed by atoms with Crippen molar-refractivity contribution in [2.24, 2.45) is 0 Å². The van der Waals surface area contributed by atoms with Crippen LogP contribution in [0.25, 0.3) is 0 Å². The van der Waals surface area contributed by atoms with Gasteiger partial charge >= 0.3 is 11.7 Å². The molecule has 0 radical (unpaired) electrons. The van der Waals surface area contributed by atoms with Crippen LogP contribution in [-0.2, 0) is 4.74 Å². The number of carbonyl (C=O) groups is 1. The fraction of sp³-hybridized carbons (Fsp3) is 0.222. The molecule has 0 saturated carbocycles. The van der Waals surface area contributed by atoms with Gasteiger partial charge in [0, 0.05) is 6.07 Å². The Hall–Kier alpha value is -1.98. The largest absolute Gasteiger partial charge is 0.465 e. The van der Waals surface area contributed by atoms with E-state index in [1.54, 1.807) is 0 Å². The summed E-state index contributed by atoms with van der Waals surface area (Å²) >= 11 is 0. The molecule has 0 saturated heterocycles. The second kappa shape index (κ2) is 4.04. The average molecular weight is 214 g/mol. The number of methoxy groups -OCH3 is 1. The van der Waals surface area contributed by atoms with Gasteiger partial charge < -0.3 is 4.74 Å². The van der Waals surface area contributed by atoms with Crippen LogP contribution in [0, 0.1) is 17.6 Å². The van der Waals surface area contributed by atoms with Crippen molar-refractivity contribution in [3.8, 4) is 0 Å². The van der Waals surface area contributed by atoms with Crippen molar-refractivity contribution in [1.82, 2.24) is 0 Å². The van der Waals surface area contributed by atoms with Crippen LogP contribution in [0.1, 0.15) is 15.9 Å². The number of hydrogen-bond donors (Lipinski definition) is 1. The number of halogens is 1. The molecule has 5 nitrogen and oxygen atoms in total. The first kappa shape index (κ1) is 11.1. The maximum absolute atomic E-state index is 13.2. The van der Waals surface area contributed by atoms with Crippen molar-refractivity contribution < 1.29 is 24.1 Å². The minimum absolute atomic E-state index is 0.0415. The van der Waals surface area contributed by atoms with Crippen molar-refractivity contribution in [2.75, 3.05) is 7.11 Å². The molecule has 0 fully saturated rings. The van der Waals surface area contributed by atoms with Crippen molar-refractivity contribution >= 4 is 11.7 Å². The summed E-state index contributed by atoms with van der Waals surface area (Å²) in [4.78, 5) is 21.2. The van der Waals surface area contributed by atoms with E-state index in [4.69, 9.17) is 5.21 Å². The molecule has 15 heavy (non-hydrogen) atoms. The summed E-state index contributed by atoms with van der Waals surface area (Å²) in [7, 11) is 1.13. The van der Waals surface area contributed by atoms with Gasteiger partial charge in [0.1, 0.15) is 5.82 Å². The Morgan fingerprint density at radius 3 is 2.60 bits per heavy atom. The molecule has 0 bridgehead atoms. The molecule has 0 atom stereocenters. The maximum atomic E-state index is 13.2. The van der Waals surface area contributed by atoms with Gasteiger partial charge in [-0.3, -0.25) is 0 Å². The SMILES string of the molecule is COC(=O)c1cc(F)c(C)c([N+](=O)O)c1. The van der Waals surface area contributed by atoms with E-state index in [1.165, 1.54) is 6.92 Å². The molecule has 0 aliphatic rings. The highest BCUT2D eigenvalue weighted by Gasteiger charge is 2.23. The van der Waals surface area contributed by atoms with Crippen LogP contribution in [0.2, 0.25) is 0 Å². The predicted molar refractivity (Wildman–Crippen MR) is 47.6 cm³/mol. The summed E-state index contributed by atoms with van der Waals surface area (Å²) in [6, 6.07) is 1.99. The van der Waals surface area contributed by atoms with Crippen LogP contribution in [0.4, 0.5) is 10.1 Å². The van der Waals surface area contributed by atoms with Crippen LogP contribution in [0.15, 0.2) is 12.1 Å². The third-order valence-electron chi connectivity index (χ3n) is 1.94.